The van der Waals surface area contributed by atoms with Gasteiger partial charge in [0.2, 0.25) is 10.0 Å². The SMILES string of the molecule is CN(C[C@H]1CC[C@H](COC/C=C/CN2CCCC2)CC1)S(=O)(=O)c1ccc(C(F)(F)F)cc1. The van der Waals surface area contributed by atoms with E-state index in [0.717, 1.165) is 63.1 Å². The number of alkyl halides is 3. The summed E-state index contributed by atoms with van der Waals surface area (Å²) in [4.78, 5) is 2.32. The number of benzene rings is 1. The molecule has 1 aliphatic heterocycles. The highest BCUT2D eigenvalue weighted by Gasteiger charge is 2.32. The van der Waals surface area contributed by atoms with Gasteiger partial charge in [-0.3, -0.25) is 4.90 Å². The van der Waals surface area contributed by atoms with Gasteiger partial charge < -0.3 is 4.74 Å². The first-order valence-electron chi connectivity index (χ1n) is 11.7. The number of likely N-dealkylation sites (tertiary alicyclic amines) is 1. The maximum absolute atomic E-state index is 12.8. The first-order valence-corrected chi connectivity index (χ1v) is 13.2. The van der Waals surface area contributed by atoms with Crippen molar-refractivity contribution >= 4 is 10.0 Å². The lowest BCUT2D eigenvalue weighted by atomic mass is 9.82. The molecule has 33 heavy (non-hydrogen) atoms. The number of sulfonamides is 1. The van der Waals surface area contributed by atoms with Crippen molar-refractivity contribution in [3.63, 3.8) is 0 Å². The van der Waals surface area contributed by atoms with E-state index in [4.69, 9.17) is 4.74 Å². The Morgan fingerprint density at radius 2 is 1.64 bits per heavy atom. The van der Waals surface area contributed by atoms with Crippen LogP contribution in [-0.4, -0.2) is 64.1 Å². The molecule has 1 aromatic carbocycles. The molecule has 0 bridgehead atoms. The van der Waals surface area contributed by atoms with E-state index in [9.17, 15) is 21.6 Å². The second-order valence-corrected chi connectivity index (χ2v) is 11.3. The third-order valence-electron chi connectivity index (χ3n) is 6.67. The van der Waals surface area contributed by atoms with Crippen molar-refractivity contribution in [2.75, 3.05) is 46.4 Å². The van der Waals surface area contributed by atoms with E-state index in [1.807, 2.05) is 0 Å². The third-order valence-corrected chi connectivity index (χ3v) is 8.51. The van der Waals surface area contributed by atoms with E-state index >= 15 is 0 Å². The number of nitrogens with zero attached hydrogens (tertiary/aromatic N) is 2. The van der Waals surface area contributed by atoms with E-state index in [2.05, 4.69) is 17.1 Å². The molecule has 0 amide bonds. The van der Waals surface area contributed by atoms with Crippen molar-refractivity contribution in [3.8, 4) is 0 Å². The van der Waals surface area contributed by atoms with Crippen LogP contribution in [0, 0.1) is 11.8 Å². The van der Waals surface area contributed by atoms with Crippen LogP contribution in [-0.2, 0) is 20.9 Å². The maximum Gasteiger partial charge on any atom is 0.416 e. The molecule has 0 atom stereocenters. The zero-order valence-corrected chi connectivity index (χ0v) is 20.1. The van der Waals surface area contributed by atoms with Crippen molar-refractivity contribution in [1.29, 1.82) is 0 Å². The van der Waals surface area contributed by atoms with Crippen LogP contribution in [0.1, 0.15) is 44.1 Å². The van der Waals surface area contributed by atoms with Crippen LogP contribution in [0.4, 0.5) is 13.2 Å². The Bertz CT molecular complexity index is 858. The first kappa shape index (κ1) is 26.2. The Kier molecular flexibility index (Phi) is 9.38. The van der Waals surface area contributed by atoms with E-state index in [1.165, 1.54) is 37.3 Å². The van der Waals surface area contributed by atoms with Gasteiger partial charge in [0.15, 0.2) is 0 Å². The summed E-state index contributed by atoms with van der Waals surface area (Å²) in [7, 11) is -2.32. The maximum atomic E-state index is 12.8. The molecule has 1 saturated heterocycles. The predicted octanol–water partition coefficient (Wildman–Crippen LogP) is 4.80. The zero-order valence-electron chi connectivity index (χ0n) is 19.3. The summed E-state index contributed by atoms with van der Waals surface area (Å²) >= 11 is 0. The summed E-state index contributed by atoms with van der Waals surface area (Å²) in [6.45, 7) is 5.10. The van der Waals surface area contributed by atoms with Crippen LogP contribution in [0.15, 0.2) is 41.3 Å². The van der Waals surface area contributed by atoms with Crippen LogP contribution in [0.2, 0.25) is 0 Å². The number of rotatable bonds is 10. The summed E-state index contributed by atoms with van der Waals surface area (Å²) in [6, 6.07) is 3.69. The smallest absolute Gasteiger partial charge is 0.377 e. The van der Waals surface area contributed by atoms with Crippen LogP contribution in [0.25, 0.3) is 0 Å². The van der Waals surface area contributed by atoms with Crippen molar-refractivity contribution in [1.82, 2.24) is 9.21 Å². The Balaban J connectivity index is 1.36. The summed E-state index contributed by atoms with van der Waals surface area (Å²) in [5.74, 6) is 0.737. The molecule has 1 aromatic rings. The van der Waals surface area contributed by atoms with Gasteiger partial charge in [0.1, 0.15) is 0 Å². The van der Waals surface area contributed by atoms with Gasteiger partial charge in [0.25, 0.3) is 0 Å². The number of halogens is 3. The molecule has 2 fully saturated rings. The summed E-state index contributed by atoms with van der Waals surface area (Å²) < 4.78 is 70.8. The van der Waals surface area contributed by atoms with E-state index < -0.39 is 21.8 Å². The Morgan fingerprint density at radius 1 is 1.03 bits per heavy atom. The second-order valence-electron chi connectivity index (χ2n) is 9.21. The van der Waals surface area contributed by atoms with Gasteiger partial charge in [-0.15, -0.1) is 0 Å². The molecule has 0 radical (unpaired) electrons. The molecule has 0 unspecified atom stereocenters. The molecular formula is C24H35F3N2O3S. The fraction of sp³-hybridized carbons (Fsp3) is 0.667. The fourth-order valence-electron chi connectivity index (χ4n) is 4.60. The van der Waals surface area contributed by atoms with Gasteiger partial charge in [0, 0.05) is 26.7 Å². The van der Waals surface area contributed by atoms with Crippen molar-refractivity contribution in [3.05, 3.63) is 42.0 Å². The van der Waals surface area contributed by atoms with Crippen LogP contribution in [0.5, 0.6) is 0 Å². The Labute approximate surface area is 195 Å². The van der Waals surface area contributed by atoms with E-state index in [0.29, 0.717) is 19.1 Å². The first-order chi connectivity index (χ1) is 15.7. The highest BCUT2D eigenvalue weighted by molar-refractivity contribution is 7.89. The summed E-state index contributed by atoms with van der Waals surface area (Å²) in [5, 5.41) is 0. The molecule has 3 rings (SSSR count). The third kappa shape index (κ3) is 7.80. The largest absolute Gasteiger partial charge is 0.416 e. The summed E-state index contributed by atoms with van der Waals surface area (Å²) in [5.41, 5.74) is -0.855. The molecule has 2 aliphatic rings. The normalized spacial score (nSPS) is 23.1. The number of hydrogen-bond donors (Lipinski definition) is 0. The fourth-order valence-corrected chi connectivity index (χ4v) is 5.84. The standard InChI is InChI=1S/C24H35F3N2O3S/c1-28(33(30,31)23-12-10-22(11-13-23)24(25,26)27)18-20-6-8-21(9-7-20)19-32-17-5-4-16-29-14-2-3-15-29/h4-5,10-13,20-21H,2-3,6-9,14-19H2,1H3/b5-4+/t20-,21-. The molecule has 1 heterocycles. The molecule has 5 nitrogen and oxygen atoms in total. The van der Waals surface area contributed by atoms with E-state index in [1.54, 1.807) is 0 Å². The van der Waals surface area contributed by atoms with Crippen molar-refractivity contribution < 1.29 is 26.3 Å². The second kappa shape index (κ2) is 11.8. The molecule has 9 heteroatoms. The minimum Gasteiger partial charge on any atom is -0.377 e. The van der Waals surface area contributed by atoms with Gasteiger partial charge in [0.05, 0.1) is 17.1 Å². The highest BCUT2D eigenvalue weighted by atomic mass is 32.2. The minimum absolute atomic E-state index is 0.113. The topological polar surface area (TPSA) is 49.9 Å². The summed E-state index contributed by atoms with van der Waals surface area (Å²) in [6.07, 6.45) is 6.21. The van der Waals surface area contributed by atoms with Crippen molar-refractivity contribution in [2.24, 2.45) is 11.8 Å². The highest BCUT2D eigenvalue weighted by Crippen LogP contribution is 2.32. The molecule has 0 spiro atoms. The molecule has 1 saturated carbocycles. The average Bonchev–Trinajstić information content (AvgIpc) is 3.30. The van der Waals surface area contributed by atoms with Gasteiger partial charge in [-0.2, -0.15) is 13.2 Å². The molecule has 186 valence electrons. The zero-order chi connectivity index (χ0) is 23.9. The van der Waals surface area contributed by atoms with Crippen LogP contribution < -0.4 is 0 Å². The number of hydrogen-bond acceptors (Lipinski definition) is 4. The van der Waals surface area contributed by atoms with Crippen LogP contribution in [0.3, 0.4) is 0 Å². The quantitative estimate of drug-likeness (QED) is 0.351. The Morgan fingerprint density at radius 3 is 2.24 bits per heavy atom. The van der Waals surface area contributed by atoms with Gasteiger partial charge >= 0.3 is 6.18 Å². The predicted molar refractivity (Wildman–Crippen MR) is 122 cm³/mol. The minimum atomic E-state index is -4.49. The molecular weight excluding hydrogens is 453 g/mol. The van der Waals surface area contributed by atoms with Gasteiger partial charge in [-0.1, -0.05) is 12.2 Å². The Hall–Kier alpha value is -1.42. The molecule has 0 N–H and O–H groups in total. The van der Waals surface area contributed by atoms with Gasteiger partial charge in [-0.25, -0.2) is 12.7 Å². The van der Waals surface area contributed by atoms with Crippen LogP contribution >= 0.6 is 0 Å². The molecule has 1 aliphatic carbocycles. The van der Waals surface area contributed by atoms with Gasteiger partial charge in [-0.05, 0) is 87.7 Å². The van der Waals surface area contributed by atoms with Crippen molar-refractivity contribution in [2.45, 2.75) is 49.6 Å². The lowest BCUT2D eigenvalue weighted by Gasteiger charge is -2.30. The average molecular weight is 489 g/mol. The molecule has 0 aromatic heterocycles. The lowest BCUT2D eigenvalue weighted by molar-refractivity contribution is -0.137. The lowest BCUT2D eigenvalue weighted by Crippen LogP contribution is -2.34. The monoisotopic (exact) mass is 488 g/mol. The van der Waals surface area contributed by atoms with E-state index in [-0.39, 0.29) is 10.8 Å². The number of ether oxygens (including phenoxy) is 1.